The van der Waals surface area contributed by atoms with Crippen molar-refractivity contribution in [2.24, 2.45) is 0 Å². The van der Waals surface area contributed by atoms with Gasteiger partial charge in [0.1, 0.15) is 42.7 Å². The van der Waals surface area contributed by atoms with Gasteiger partial charge in [0, 0.05) is 0 Å². The molecule has 21 heavy (non-hydrogen) atoms. The van der Waals surface area contributed by atoms with E-state index in [1.807, 2.05) is 0 Å². The fraction of sp³-hybridized carbons (Fsp3) is 1.00. The van der Waals surface area contributed by atoms with E-state index in [0.29, 0.717) is 0 Å². The molecule has 7 N–H and O–H groups in total. The van der Waals surface area contributed by atoms with Crippen LogP contribution in [0.15, 0.2) is 0 Å². The third-order valence-corrected chi connectivity index (χ3v) is 3.59. The molecule has 0 bridgehead atoms. The predicted molar refractivity (Wildman–Crippen MR) is 62.6 cm³/mol. The van der Waals surface area contributed by atoms with Gasteiger partial charge in [0.25, 0.3) is 0 Å². The highest BCUT2D eigenvalue weighted by atomic mass is 16.7. The molecule has 7 unspecified atom stereocenters. The second-order valence-corrected chi connectivity index (χ2v) is 5.08. The normalized spacial score (nSPS) is 51.9. The zero-order valence-corrected chi connectivity index (χ0v) is 11.0. The van der Waals surface area contributed by atoms with Gasteiger partial charge in [-0.05, 0) is 0 Å². The van der Waals surface area contributed by atoms with Gasteiger partial charge >= 0.3 is 0 Å². The molecular weight excluding hydrogens is 292 g/mol. The van der Waals surface area contributed by atoms with Crippen molar-refractivity contribution in [1.29, 1.82) is 0 Å². The van der Waals surface area contributed by atoms with Crippen LogP contribution in [0, 0.1) is 0 Å². The maximum Gasteiger partial charge on any atom is 0.187 e. The van der Waals surface area contributed by atoms with Crippen molar-refractivity contribution in [3.8, 4) is 0 Å². The molecule has 9 atom stereocenters. The third kappa shape index (κ3) is 3.35. The molecule has 2 heterocycles. The van der Waals surface area contributed by atoms with Gasteiger partial charge in [0.05, 0.1) is 13.2 Å². The molecule has 2 rings (SSSR count). The summed E-state index contributed by atoms with van der Waals surface area (Å²) in [5, 5.41) is 66.8. The Morgan fingerprint density at radius 1 is 0.905 bits per heavy atom. The molecule has 0 aromatic rings. The molecule has 0 radical (unpaired) electrons. The molecule has 124 valence electrons. The van der Waals surface area contributed by atoms with Crippen molar-refractivity contribution in [1.82, 2.24) is 0 Å². The standard InChI is InChI=1S/C11H20O10/c12-1-4-5(14)6(15)7(16)11(20-4)21-9-3(13)2-19-10(18)8(9)17/h3-18H,1-2H2/t3?,4?,5?,6?,7-,8-,9?,10?,11?/m0/s1. The number of aliphatic hydroxyl groups excluding tert-OH is 7. The molecule has 0 aromatic heterocycles. The average molecular weight is 312 g/mol. The van der Waals surface area contributed by atoms with Gasteiger partial charge in [-0.3, -0.25) is 0 Å². The van der Waals surface area contributed by atoms with Crippen LogP contribution in [-0.4, -0.2) is 104 Å². The highest BCUT2D eigenvalue weighted by Crippen LogP contribution is 2.26. The van der Waals surface area contributed by atoms with Crippen LogP contribution in [0.1, 0.15) is 0 Å². The highest BCUT2D eigenvalue weighted by molar-refractivity contribution is 4.91. The van der Waals surface area contributed by atoms with E-state index in [0.717, 1.165) is 0 Å². The summed E-state index contributed by atoms with van der Waals surface area (Å²) in [6.45, 7) is -0.938. The smallest absolute Gasteiger partial charge is 0.187 e. The topological polar surface area (TPSA) is 169 Å². The zero-order valence-electron chi connectivity index (χ0n) is 11.0. The van der Waals surface area contributed by atoms with Gasteiger partial charge in [-0.1, -0.05) is 0 Å². The van der Waals surface area contributed by atoms with E-state index in [4.69, 9.17) is 14.6 Å². The summed E-state index contributed by atoms with van der Waals surface area (Å²) in [6.07, 6.45) is -13.3. The van der Waals surface area contributed by atoms with E-state index in [1.54, 1.807) is 0 Å². The maximum atomic E-state index is 9.79. The van der Waals surface area contributed by atoms with E-state index in [9.17, 15) is 30.6 Å². The Hall–Kier alpha value is -0.400. The molecule has 0 aliphatic carbocycles. The van der Waals surface area contributed by atoms with Crippen molar-refractivity contribution >= 4 is 0 Å². The Morgan fingerprint density at radius 3 is 2.19 bits per heavy atom. The van der Waals surface area contributed by atoms with Gasteiger partial charge < -0.3 is 50.0 Å². The molecule has 2 aliphatic rings. The minimum atomic E-state index is -1.66. The van der Waals surface area contributed by atoms with Crippen LogP contribution < -0.4 is 0 Å². The summed E-state index contributed by atoms with van der Waals surface area (Å²) in [7, 11) is 0. The first-order chi connectivity index (χ1) is 9.86. The SMILES string of the molecule is OCC1OC(OC2C(O)COC(O)[C@H]2O)[C@@H](O)C(O)C1O. The molecule has 10 heteroatoms. The monoisotopic (exact) mass is 312 g/mol. The lowest BCUT2D eigenvalue weighted by Gasteiger charge is -2.43. The molecule has 2 aliphatic heterocycles. The second-order valence-electron chi connectivity index (χ2n) is 5.08. The van der Waals surface area contributed by atoms with Gasteiger partial charge in [-0.25, -0.2) is 0 Å². The fourth-order valence-electron chi connectivity index (χ4n) is 2.29. The molecule has 10 nitrogen and oxygen atoms in total. The lowest BCUT2D eigenvalue weighted by Crippen LogP contribution is -2.62. The van der Waals surface area contributed by atoms with Crippen LogP contribution in [0.5, 0.6) is 0 Å². The Morgan fingerprint density at radius 2 is 1.57 bits per heavy atom. The molecule has 2 saturated heterocycles. The maximum absolute atomic E-state index is 9.79. The fourth-order valence-corrected chi connectivity index (χ4v) is 2.29. The van der Waals surface area contributed by atoms with Crippen LogP contribution in [-0.2, 0) is 14.2 Å². The molecule has 0 aromatic carbocycles. The number of rotatable bonds is 3. The summed E-state index contributed by atoms with van der Waals surface area (Å²) in [5.41, 5.74) is 0. The lowest BCUT2D eigenvalue weighted by molar-refractivity contribution is -0.345. The van der Waals surface area contributed by atoms with E-state index < -0.39 is 61.9 Å². The van der Waals surface area contributed by atoms with Crippen molar-refractivity contribution in [2.45, 2.75) is 55.3 Å². The number of hydrogen-bond acceptors (Lipinski definition) is 10. The van der Waals surface area contributed by atoms with Crippen molar-refractivity contribution in [3.63, 3.8) is 0 Å². The first-order valence-corrected chi connectivity index (χ1v) is 6.48. The van der Waals surface area contributed by atoms with Gasteiger partial charge in [0.15, 0.2) is 12.6 Å². The van der Waals surface area contributed by atoms with Crippen molar-refractivity contribution in [2.75, 3.05) is 13.2 Å². The van der Waals surface area contributed by atoms with Crippen LogP contribution in [0.4, 0.5) is 0 Å². The van der Waals surface area contributed by atoms with Crippen LogP contribution >= 0.6 is 0 Å². The van der Waals surface area contributed by atoms with Crippen LogP contribution in [0.2, 0.25) is 0 Å². The summed E-state index contributed by atoms with van der Waals surface area (Å²) in [4.78, 5) is 0. The van der Waals surface area contributed by atoms with Gasteiger partial charge in [-0.15, -0.1) is 0 Å². The summed E-state index contributed by atoms with van der Waals surface area (Å²) in [5.74, 6) is 0. The number of hydrogen-bond donors (Lipinski definition) is 7. The lowest BCUT2D eigenvalue weighted by atomic mass is 9.98. The second kappa shape index (κ2) is 6.79. The van der Waals surface area contributed by atoms with Crippen molar-refractivity contribution < 1.29 is 50.0 Å². The van der Waals surface area contributed by atoms with Gasteiger partial charge in [0.2, 0.25) is 0 Å². The quantitative estimate of drug-likeness (QED) is 0.268. The van der Waals surface area contributed by atoms with E-state index in [-0.39, 0.29) is 6.61 Å². The Labute approximate surface area is 119 Å². The molecule has 0 amide bonds. The van der Waals surface area contributed by atoms with Crippen LogP contribution in [0.25, 0.3) is 0 Å². The molecular formula is C11H20O10. The molecule has 0 saturated carbocycles. The summed E-state index contributed by atoms with van der Waals surface area (Å²) in [6, 6.07) is 0. The molecule has 2 fully saturated rings. The largest absolute Gasteiger partial charge is 0.394 e. The third-order valence-electron chi connectivity index (χ3n) is 3.59. The summed E-state index contributed by atoms with van der Waals surface area (Å²) < 4.78 is 15.0. The van der Waals surface area contributed by atoms with Crippen LogP contribution in [0.3, 0.4) is 0 Å². The number of aliphatic hydroxyl groups is 7. The minimum Gasteiger partial charge on any atom is -0.394 e. The molecule has 0 spiro atoms. The Bertz CT molecular complexity index is 339. The Balaban J connectivity index is 2.06. The first-order valence-electron chi connectivity index (χ1n) is 6.48. The van der Waals surface area contributed by atoms with E-state index in [2.05, 4.69) is 4.74 Å². The Kier molecular flexibility index (Phi) is 5.48. The van der Waals surface area contributed by atoms with Crippen molar-refractivity contribution in [3.05, 3.63) is 0 Å². The minimum absolute atomic E-state index is 0.305. The first kappa shape index (κ1) is 17.0. The highest BCUT2D eigenvalue weighted by Gasteiger charge is 2.48. The van der Waals surface area contributed by atoms with Gasteiger partial charge in [-0.2, -0.15) is 0 Å². The van der Waals surface area contributed by atoms with E-state index in [1.165, 1.54) is 0 Å². The average Bonchev–Trinajstić information content (AvgIpc) is 2.47. The number of ether oxygens (including phenoxy) is 3. The predicted octanol–water partition coefficient (Wildman–Crippen LogP) is -4.76. The summed E-state index contributed by atoms with van der Waals surface area (Å²) >= 11 is 0. The zero-order chi connectivity index (χ0) is 15.7. The van der Waals surface area contributed by atoms with E-state index >= 15 is 0 Å².